The maximum absolute atomic E-state index is 5.37. The second-order valence-corrected chi connectivity index (χ2v) is 5.23. The maximum Gasteiger partial charge on any atom is 0.0645 e. The van der Waals surface area contributed by atoms with Gasteiger partial charge in [-0.15, -0.1) is 0 Å². The van der Waals surface area contributed by atoms with Crippen LogP contribution >= 0.6 is 12.2 Å². The Bertz CT molecular complexity index is 241. The molecule has 3 nitrogen and oxygen atoms in total. The van der Waals surface area contributed by atoms with Crippen molar-refractivity contribution in [3.63, 3.8) is 0 Å². The first-order valence-corrected chi connectivity index (χ1v) is 6.19. The van der Waals surface area contributed by atoms with Crippen LogP contribution in [0.2, 0.25) is 0 Å². The molecule has 4 heteroatoms. The summed E-state index contributed by atoms with van der Waals surface area (Å²) in [6.07, 6.45) is 1.06. The van der Waals surface area contributed by atoms with Gasteiger partial charge in [0.25, 0.3) is 0 Å². The third kappa shape index (κ3) is 2.56. The van der Waals surface area contributed by atoms with E-state index in [4.69, 9.17) is 17.0 Å². The van der Waals surface area contributed by atoms with Crippen LogP contribution < -0.4 is 5.32 Å². The van der Waals surface area contributed by atoms with Crippen LogP contribution in [0.15, 0.2) is 0 Å². The van der Waals surface area contributed by atoms with Gasteiger partial charge in [0.2, 0.25) is 0 Å². The summed E-state index contributed by atoms with van der Waals surface area (Å²) in [4.78, 5) is 3.71. The van der Waals surface area contributed by atoms with E-state index >= 15 is 0 Å². The Hall–Kier alpha value is -0.0300. The van der Waals surface area contributed by atoms with Gasteiger partial charge in [0.1, 0.15) is 0 Å². The molecule has 0 saturated carbocycles. The molecule has 2 aliphatic rings. The van der Waals surface area contributed by atoms with Crippen molar-refractivity contribution in [2.45, 2.75) is 38.4 Å². The van der Waals surface area contributed by atoms with Crippen molar-refractivity contribution in [3.8, 4) is 0 Å². The summed E-state index contributed by atoms with van der Waals surface area (Å²) in [5.74, 6) is 0. The number of rotatable bonds is 4. The fourth-order valence-corrected chi connectivity index (χ4v) is 2.49. The van der Waals surface area contributed by atoms with Crippen LogP contribution in [0.25, 0.3) is 0 Å². The molecule has 2 fully saturated rings. The van der Waals surface area contributed by atoms with Crippen molar-refractivity contribution in [1.82, 2.24) is 10.2 Å². The quantitative estimate of drug-likeness (QED) is 0.720. The van der Waals surface area contributed by atoms with Crippen LogP contribution in [0.5, 0.6) is 0 Å². The Morgan fingerprint density at radius 2 is 2.27 bits per heavy atom. The van der Waals surface area contributed by atoms with Gasteiger partial charge in [0.05, 0.1) is 25.3 Å². The number of hydrogen-bond donors (Lipinski definition) is 1. The Morgan fingerprint density at radius 3 is 2.67 bits per heavy atom. The van der Waals surface area contributed by atoms with Crippen molar-refractivity contribution < 1.29 is 4.74 Å². The molecule has 2 heterocycles. The van der Waals surface area contributed by atoms with E-state index in [1.807, 2.05) is 0 Å². The summed E-state index contributed by atoms with van der Waals surface area (Å²) in [6.45, 7) is 8.36. The first-order chi connectivity index (χ1) is 7.18. The Labute approximate surface area is 97.2 Å². The molecule has 0 aromatic rings. The number of nitrogens with one attached hydrogen (secondary N) is 1. The van der Waals surface area contributed by atoms with Gasteiger partial charge >= 0.3 is 0 Å². The Balaban J connectivity index is 1.90. The predicted molar refractivity (Wildman–Crippen MR) is 65.5 cm³/mol. The van der Waals surface area contributed by atoms with Gasteiger partial charge in [-0.05, 0) is 20.3 Å². The van der Waals surface area contributed by atoms with Crippen molar-refractivity contribution in [3.05, 3.63) is 0 Å². The summed E-state index contributed by atoms with van der Waals surface area (Å²) >= 11 is 5.37. The van der Waals surface area contributed by atoms with E-state index in [1.54, 1.807) is 0 Å². The third-order valence-electron chi connectivity index (χ3n) is 3.30. The molecule has 1 N–H and O–H groups in total. The van der Waals surface area contributed by atoms with E-state index in [-0.39, 0.29) is 0 Å². The zero-order chi connectivity index (χ0) is 10.8. The summed E-state index contributed by atoms with van der Waals surface area (Å²) in [5.41, 5.74) is 0. The molecule has 0 aromatic carbocycles. The highest BCUT2D eigenvalue weighted by Gasteiger charge is 2.31. The SMILES string of the molecule is CC(C)N(CC1NCCC1=S)C1COC1. The summed E-state index contributed by atoms with van der Waals surface area (Å²) < 4.78 is 5.26. The monoisotopic (exact) mass is 228 g/mol. The summed E-state index contributed by atoms with van der Waals surface area (Å²) in [6, 6.07) is 1.60. The second-order valence-electron chi connectivity index (χ2n) is 4.70. The van der Waals surface area contributed by atoms with Crippen LogP contribution in [-0.4, -0.2) is 54.2 Å². The van der Waals surface area contributed by atoms with E-state index < -0.39 is 0 Å². The lowest BCUT2D eigenvalue weighted by Crippen LogP contribution is -2.55. The van der Waals surface area contributed by atoms with Crippen molar-refractivity contribution in [2.75, 3.05) is 26.3 Å². The van der Waals surface area contributed by atoms with E-state index in [0.717, 1.165) is 32.7 Å². The summed E-state index contributed by atoms with van der Waals surface area (Å²) in [7, 11) is 0. The molecule has 2 saturated heterocycles. The van der Waals surface area contributed by atoms with Crippen LogP contribution in [0.1, 0.15) is 20.3 Å². The average Bonchev–Trinajstić information content (AvgIpc) is 2.47. The Morgan fingerprint density at radius 1 is 1.53 bits per heavy atom. The smallest absolute Gasteiger partial charge is 0.0645 e. The first kappa shape index (κ1) is 11.5. The lowest BCUT2D eigenvalue weighted by molar-refractivity contribution is -0.0755. The standard InChI is InChI=1S/C11H20N2OS/c1-8(2)13(9-6-14-7-9)5-10-11(15)3-4-12-10/h8-10,12H,3-7H2,1-2H3. The molecular weight excluding hydrogens is 208 g/mol. The number of thiocarbonyl (C=S) groups is 1. The average molecular weight is 228 g/mol. The number of hydrogen-bond acceptors (Lipinski definition) is 4. The van der Waals surface area contributed by atoms with E-state index in [2.05, 4.69) is 24.1 Å². The molecule has 0 spiro atoms. The summed E-state index contributed by atoms with van der Waals surface area (Å²) in [5, 5.41) is 3.47. The lowest BCUT2D eigenvalue weighted by Gasteiger charge is -2.41. The van der Waals surface area contributed by atoms with Crippen molar-refractivity contribution >= 4 is 17.1 Å². The van der Waals surface area contributed by atoms with E-state index in [0.29, 0.717) is 18.1 Å². The third-order valence-corrected chi connectivity index (χ3v) is 3.79. The van der Waals surface area contributed by atoms with Gasteiger partial charge < -0.3 is 10.1 Å². The minimum Gasteiger partial charge on any atom is -0.378 e. The molecule has 86 valence electrons. The molecule has 2 rings (SSSR count). The molecule has 0 aliphatic carbocycles. The molecule has 0 amide bonds. The van der Waals surface area contributed by atoms with E-state index in [1.165, 1.54) is 4.86 Å². The van der Waals surface area contributed by atoms with E-state index in [9.17, 15) is 0 Å². The molecule has 2 aliphatic heterocycles. The zero-order valence-electron chi connectivity index (χ0n) is 9.53. The predicted octanol–water partition coefficient (Wildman–Crippen LogP) is 0.827. The molecule has 15 heavy (non-hydrogen) atoms. The Kier molecular flexibility index (Phi) is 3.72. The maximum atomic E-state index is 5.37. The highest BCUT2D eigenvalue weighted by Crippen LogP contribution is 2.16. The molecule has 0 radical (unpaired) electrons. The van der Waals surface area contributed by atoms with Crippen molar-refractivity contribution in [1.29, 1.82) is 0 Å². The molecule has 0 bridgehead atoms. The van der Waals surface area contributed by atoms with Crippen LogP contribution in [0.3, 0.4) is 0 Å². The minimum absolute atomic E-state index is 0.419. The van der Waals surface area contributed by atoms with Gasteiger partial charge in [-0.1, -0.05) is 12.2 Å². The number of ether oxygens (including phenoxy) is 1. The normalized spacial score (nSPS) is 27.7. The minimum atomic E-state index is 0.419. The zero-order valence-corrected chi connectivity index (χ0v) is 10.3. The van der Waals surface area contributed by atoms with Crippen LogP contribution in [0.4, 0.5) is 0 Å². The van der Waals surface area contributed by atoms with Crippen molar-refractivity contribution in [2.24, 2.45) is 0 Å². The van der Waals surface area contributed by atoms with Crippen LogP contribution in [0, 0.1) is 0 Å². The molecule has 1 atom stereocenters. The number of nitrogens with zero attached hydrogens (tertiary/aromatic N) is 1. The van der Waals surface area contributed by atoms with Gasteiger partial charge in [-0.2, -0.15) is 0 Å². The van der Waals surface area contributed by atoms with Gasteiger partial charge in [0, 0.05) is 24.0 Å². The highest BCUT2D eigenvalue weighted by molar-refractivity contribution is 7.80. The first-order valence-electron chi connectivity index (χ1n) is 5.78. The largest absolute Gasteiger partial charge is 0.378 e. The fourth-order valence-electron chi connectivity index (χ4n) is 2.23. The topological polar surface area (TPSA) is 24.5 Å². The lowest BCUT2D eigenvalue weighted by atomic mass is 10.1. The van der Waals surface area contributed by atoms with Gasteiger partial charge in [-0.3, -0.25) is 4.90 Å². The molecular formula is C11H20N2OS. The highest BCUT2D eigenvalue weighted by atomic mass is 32.1. The fraction of sp³-hybridized carbons (Fsp3) is 0.909. The van der Waals surface area contributed by atoms with Gasteiger partial charge in [0.15, 0.2) is 0 Å². The second kappa shape index (κ2) is 4.87. The molecule has 1 unspecified atom stereocenters. The van der Waals surface area contributed by atoms with Crippen LogP contribution in [-0.2, 0) is 4.74 Å². The van der Waals surface area contributed by atoms with Gasteiger partial charge in [-0.25, -0.2) is 0 Å². The molecule has 0 aromatic heterocycles.